The topological polar surface area (TPSA) is 12.0 Å². The Bertz CT molecular complexity index is 242. The summed E-state index contributed by atoms with van der Waals surface area (Å²) < 4.78 is 0.884. The first-order valence-electron chi connectivity index (χ1n) is 3.46. The van der Waals surface area contributed by atoms with Gasteiger partial charge in [0.15, 0.2) is 0 Å². The van der Waals surface area contributed by atoms with Crippen LogP contribution in [0.25, 0.3) is 0 Å². The molecule has 1 aromatic heterocycles. The Hall–Kier alpha value is 0.300. The molecule has 0 amide bonds. The average molecular weight is 206 g/mol. The Kier molecular flexibility index (Phi) is 2.42. The molecule has 0 bridgehead atoms. The number of nitrogens with one attached hydrogen (secondary N) is 1. The van der Waals surface area contributed by atoms with Crippen LogP contribution in [0.2, 0.25) is 4.34 Å². The van der Waals surface area contributed by atoms with Crippen LogP contribution in [0, 0.1) is 0 Å². The summed E-state index contributed by atoms with van der Waals surface area (Å²) in [5, 5.41) is 3.89. The maximum absolute atomic E-state index is 5.82. The molecular formula is C7H8ClNS2. The molecule has 4 heteroatoms. The number of hydrogen-bond acceptors (Lipinski definition) is 3. The molecule has 1 aliphatic heterocycles. The molecule has 0 spiro atoms. The Morgan fingerprint density at radius 2 is 2.45 bits per heavy atom. The van der Waals surface area contributed by atoms with Gasteiger partial charge in [-0.05, 0) is 12.1 Å². The summed E-state index contributed by atoms with van der Waals surface area (Å²) in [7, 11) is 0. The minimum Gasteiger partial charge on any atom is -0.300 e. The molecule has 11 heavy (non-hydrogen) atoms. The van der Waals surface area contributed by atoms with Crippen LogP contribution < -0.4 is 5.32 Å². The van der Waals surface area contributed by atoms with E-state index in [1.54, 1.807) is 11.3 Å². The Morgan fingerprint density at radius 1 is 1.55 bits per heavy atom. The molecule has 2 rings (SSSR count). The van der Waals surface area contributed by atoms with Crippen molar-refractivity contribution in [3.63, 3.8) is 0 Å². The molecule has 0 aliphatic carbocycles. The zero-order chi connectivity index (χ0) is 7.68. The van der Waals surface area contributed by atoms with Gasteiger partial charge in [0.1, 0.15) is 0 Å². The third kappa shape index (κ3) is 1.72. The smallest absolute Gasteiger partial charge is 0.0932 e. The highest BCUT2D eigenvalue weighted by Gasteiger charge is 2.17. The van der Waals surface area contributed by atoms with E-state index in [4.69, 9.17) is 11.6 Å². The predicted molar refractivity (Wildman–Crippen MR) is 52.5 cm³/mol. The SMILES string of the molecule is Clc1ccc([C@@H]2NCCS2)s1. The Balaban J connectivity index is 2.15. The fourth-order valence-corrected chi connectivity index (χ4v) is 3.39. The standard InChI is InChI=1S/C7H8ClNS2/c8-6-2-1-5(11-6)7-9-3-4-10-7/h1-2,7,9H,3-4H2/t7-/m1/s1. The highest BCUT2D eigenvalue weighted by atomic mass is 35.5. The van der Waals surface area contributed by atoms with Crippen molar-refractivity contribution in [3.8, 4) is 0 Å². The summed E-state index contributed by atoms with van der Waals surface area (Å²) in [5.74, 6) is 1.21. The fraction of sp³-hybridized carbons (Fsp3) is 0.429. The summed E-state index contributed by atoms with van der Waals surface area (Å²) >= 11 is 9.44. The van der Waals surface area contributed by atoms with E-state index in [2.05, 4.69) is 11.4 Å². The minimum atomic E-state index is 0.493. The normalized spacial score (nSPS) is 24.3. The van der Waals surface area contributed by atoms with Crippen LogP contribution in [0.5, 0.6) is 0 Å². The van der Waals surface area contributed by atoms with Crippen LogP contribution in [0.3, 0.4) is 0 Å². The quantitative estimate of drug-likeness (QED) is 0.757. The van der Waals surface area contributed by atoms with Gasteiger partial charge in [-0.25, -0.2) is 0 Å². The van der Waals surface area contributed by atoms with Crippen LogP contribution in [0.15, 0.2) is 12.1 Å². The van der Waals surface area contributed by atoms with Crippen LogP contribution in [-0.4, -0.2) is 12.3 Å². The van der Waals surface area contributed by atoms with Crippen LogP contribution in [0.4, 0.5) is 0 Å². The van der Waals surface area contributed by atoms with E-state index >= 15 is 0 Å². The predicted octanol–water partition coefficient (Wildman–Crippen LogP) is 2.74. The van der Waals surface area contributed by atoms with Gasteiger partial charge in [0.2, 0.25) is 0 Å². The summed E-state index contributed by atoms with van der Waals surface area (Å²) in [6, 6.07) is 4.06. The van der Waals surface area contributed by atoms with Crippen molar-refractivity contribution in [1.29, 1.82) is 0 Å². The van der Waals surface area contributed by atoms with Gasteiger partial charge in [-0.15, -0.1) is 23.1 Å². The van der Waals surface area contributed by atoms with Crippen LogP contribution in [-0.2, 0) is 0 Å². The molecule has 2 heterocycles. The average Bonchev–Trinajstić information content (AvgIpc) is 2.55. The van der Waals surface area contributed by atoms with Gasteiger partial charge in [-0.3, -0.25) is 0 Å². The van der Waals surface area contributed by atoms with E-state index in [-0.39, 0.29) is 0 Å². The lowest BCUT2D eigenvalue weighted by Crippen LogP contribution is -2.10. The molecule has 0 saturated carbocycles. The zero-order valence-electron chi connectivity index (χ0n) is 5.84. The zero-order valence-corrected chi connectivity index (χ0v) is 8.23. The summed E-state index contributed by atoms with van der Waals surface area (Å²) in [6.45, 7) is 1.12. The lowest BCUT2D eigenvalue weighted by molar-refractivity contribution is 0.761. The number of thiophene rings is 1. The van der Waals surface area contributed by atoms with Gasteiger partial charge in [-0.1, -0.05) is 11.6 Å². The van der Waals surface area contributed by atoms with Crippen molar-refractivity contribution in [1.82, 2.24) is 5.32 Å². The van der Waals surface area contributed by atoms with E-state index < -0.39 is 0 Å². The molecule has 0 unspecified atom stereocenters. The number of halogens is 1. The third-order valence-corrected chi connectivity index (χ3v) is 4.21. The monoisotopic (exact) mass is 205 g/mol. The summed E-state index contributed by atoms with van der Waals surface area (Å²) in [6.07, 6.45) is 0. The van der Waals surface area contributed by atoms with Gasteiger partial charge in [0.25, 0.3) is 0 Å². The van der Waals surface area contributed by atoms with Crippen molar-refractivity contribution in [2.45, 2.75) is 5.37 Å². The molecule has 1 aromatic rings. The number of hydrogen-bond donors (Lipinski definition) is 1. The first kappa shape index (κ1) is 7.92. The molecular weight excluding hydrogens is 198 g/mol. The molecule has 60 valence electrons. The van der Waals surface area contributed by atoms with Crippen LogP contribution >= 0.6 is 34.7 Å². The highest BCUT2D eigenvalue weighted by Crippen LogP contribution is 2.35. The molecule has 1 saturated heterocycles. The van der Waals surface area contributed by atoms with Crippen LogP contribution in [0.1, 0.15) is 10.3 Å². The second-order valence-electron chi connectivity index (χ2n) is 2.35. The molecule has 0 radical (unpaired) electrons. The van der Waals surface area contributed by atoms with Gasteiger partial charge in [0.05, 0.1) is 9.71 Å². The highest BCUT2D eigenvalue weighted by molar-refractivity contribution is 7.99. The van der Waals surface area contributed by atoms with Crippen molar-refractivity contribution in [2.75, 3.05) is 12.3 Å². The largest absolute Gasteiger partial charge is 0.300 e. The van der Waals surface area contributed by atoms with Gasteiger partial charge >= 0.3 is 0 Å². The molecule has 1 N–H and O–H groups in total. The van der Waals surface area contributed by atoms with E-state index in [1.807, 2.05) is 17.8 Å². The Labute approximate surface area is 79.1 Å². The third-order valence-electron chi connectivity index (χ3n) is 1.57. The second kappa shape index (κ2) is 3.35. The summed E-state index contributed by atoms with van der Waals surface area (Å²) in [5.41, 5.74) is 0. The van der Waals surface area contributed by atoms with E-state index in [0.717, 1.165) is 10.9 Å². The fourth-order valence-electron chi connectivity index (χ4n) is 1.08. The summed E-state index contributed by atoms with van der Waals surface area (Å²) in [4.78, 5) is 1.34. The van der Waals surface area contributed by atoms with E-state index in [9.17, 15) is 0 Å². The van der Waals surface area contributed by atoms with Crippen molar-refractivity contribution in [2.24, 2.45) is 0 Å². The van der Waals surface area contributed by atoms with E-state index in [0.29, 0.717) is 5.37 Å². The lowest BCUT2D eigenvalue weighted by Gasteiger charge is -2.04. The maximum Gasteiger partial charge on any atom is 0.0932 e. The molecule has 0 aromatic carbocycles. The van der Waals surface area contributed by atoms with Crippen molar-refractivity contribution >= 4 is 34.7 Å². The van der Waals surface area contributed by atoms with Gasteiger partial charge in [-0.2, -0.15) is 0 Å². The number of rotatable bonds is 1. The maximum atomic E-state index is 5.82. The molecule has 1 aliphatic rings. The van der Waals surface area contributed by atoms with Crippen molar-refractivity contribution in [3.05, 3.63) is 21.3 Å². The Morgan fingerprint density at radius 3 is 3.00 bits per heavy atom. The minimum absolute atomic E-state index is 0.493. The molecule has 1 fully saturated rings. The lowest BCUT2D eigenvalue weighted by atomic mass is 10.4. The second-order valence-corrected chi connectivity index (χ2v) is 5.31. The van der Waals surface area contributed by atoms with E-state index in [1.165, 1.54) is 10.6 Å². The first-order chi connectivity index (χ1) is 5.36. The van der Waals surface area contributed by atoms with Gasteiger partial charge in [0, 0.05) is 17.2 Å². The van der Waals surface area contributed by atoms with Crippen molar-refractivity contribution < 1.29 is 0 Å². The molecule has 1 atom stereocenters. The molecule has 1 nitrogen and oxygen atoms in total. The first-order valence-corrected chi connectivity index (χ1v) is 5.71. The van der Waals surface area contributed by atoms with Gasteiger partial charge < -0.3 is 5.32 Å². The number of thioether (sulfide) groups is 1.